The van der Waals surface area contributed by atoms with Gasteiger partial charge >= 0.3 is 0 Å². The highest BCUT2D eigenvalue weighted by Gasteiger charge is 2.21. The zero-order valence-electron chi connectivity index (χ0n) is 11.8. The van der Waals surface area contributed by atoms with Crippen LogP contribution in [0.3, 0.4) is 0 Å². The molecule has 19 heavy (non-hydrogen) atoms. The summed E-state index contributed by atoms with van der Waals surface area (Å²) in [6.07, 6.45) is 2.56. The van der Waals surface area contributed by atoms with Crippen molar-refractivity contribution in [3.05, 3.63) is 11.7 Å². The Labute approximate surface area is 114 Å². The number of ether oxygens (including phenoxy) is 1. The van der Waals surface area contributed by atoms with Gasteiger partial charge in [-0.1, -0.05) is 19.0 Å². The van der Waals surface area contributed by atoms with Crippen LogP contribution >= 0.6 is 0 Å². The molecule has 1 aliphatic rings. The quantitative estimate of drug-likeness (QED) is 0.834. The Morgan fingerprint density at radius 2 is 2.16 bits per heavy atom. The molecule has 2 heterocycles. The van der Waals surface area contributed by atoms with Crippen LogP contribution < -0.4 is 5.73 Å². The lowest BCUT2D eigenvalue weighted by molar-refractivity contribution is -0.00633. The largest absolute Gasteiger partial charge is 0.378 e. The molecule has 0 atom stereocenters. The van der Waals surface area contributed by atoms with E-state index in [1.54, 1.807) is 0 Å². The van der Waals surface area contributed by atoms with Crippen molar-refractivity contribution in [3.8, 4) is 0 Å². The Bertz CT molecular complexity index is 372. The van der Waals surface area contributed by atoms with E-state index >= 15 is 0 Å². The number of nitrogens with zero attached hydrogens (tertiary/aromatic N) is 3. The van der Waals surface area contributed by atoms with Crippen LogP contribution in [0, 0.1) is 5.92 Å². The van der Waals surface area contributed by atoms with Crippen molar-refractivity contribution in [2.24, 2.45) is 11.7 Å². The van der Waals surface area contributed by atoms with Gasteiger partial charge in [0.2, 0.25) is 5.89 Å². The van der Waals surface area contributed by atoms with Crippen LogP contribution in [0.4, 0.5) is 0 Å². The first kappa shape index (κ1) is 14.4. The van der Waals surface area contributed by atoms with Crippen LogP contribution in [0.5, 0.6) is 0 Å². The Kier molecular flexibility index (Phi) is 5.30. The van der Waals surface area contributed by atoms with Gasteiger partial charge in [-0.25, -0.2) is 0 Å². The van der Waals surface area contributed by atoms with Crippen LogP contribution in [0.25, 0.3) is 0 Å². The standard InChI is InChI=1S/C13H24N4O2/c1-10(2)9-18-11-3-5-17(6-4-11)8-12-15-13(7-14)19-16-12/h10-11H,3-9,14H2,1-2H3. The Morgan fingerprint density at radius 3 is 2.74 bits per heavy atom. The summed E-state index contributed by atoms with van der Waals surface area (Å²) in [4.78, 5) is 6.56. The molecule has 1 aromatic rings. The molecule has 6 heteroatoms. The average Bonchev–Trinajstić information content (AvgIpc) is 2.85. The molecule has 6 nitrogen and oxygen atoms in total. The van der Waals surface area contributed by atoms with Gasteiger partial charge in [0.05, 0.1) is 19.2 Å². The number of piperidine rings is 1. The van der Waals surface area contributed by atoms with E-state index in [-0.39, 0.29) is 0 Å². The molecular weight excluding hydrogens is 244 g/mol. The van der Waals surface area contributed by atoms with E-state index in [1.807, 2.05) is 0 Å². The zero-order chi connectivity index (χ0) is 13.7. The Hall–Kier alpha value is -0.980. The van der Waals surface area contributed by atoms with Crippen molar-refractivity contribution in [2.75, 3.05) is 19.7 Å². The number of nitrogens with two attached hydrogens (primary N) is 1. The third-order valence-corrected chi connectivity index (χ3v) is 3.25. The first-order chi connectivity index (χ1) is 9.17. The Balaban J connectivity index is 1.71. The zero-order valence-corrected chi connectivity index (χ0v) is 11.8. The predicted molar refractivity (Wildman–Crippen MR) is 71.3 cm³/mol. The molecule has 0 unspecified atom stereocenters. The van der Waals surface area contributed by atoms with Gasteiger partial charge in [-0.2, -0.15) is 4.98 Å². The molecule has 0 saturated carbocycles. The van der Waals surface area contributed by atoms with E-state index in [4.69, 9.17) is 15.0 Å². The van der Waals surface area contributed by atoms with Gasteiger partial charge in [-0.3, -0.25) is 4.90 Å². The molecule has 0 aliphatic carbocycles. The van der Waals surface area contributed by atoms with Crippen molar-refractivity contribution in [2.45, 2.75) is 45.9 Å². The minimum Gasteiger partial charge on any atom is -0.378 e. The van der Waals surface area contributed by atoms with E-state index in [1.165, 1.54) is 0 Å². The van der Waals surface area contributed by atoms with Crippen molar-refractivity contribution in [3.63, 3.8) is 0 Å². The molecule has 0 aromatic carbocycles. The number of likely N-dealkylation sites (tertiary alicyclic amines) is 1. The summed E-state index contributed by atoms with van der Waals surface area (Å²) in [5, 5.41) is 3.92. The lowest BCUT2D eigenvalue weighted by atomic mass is 10.1. The fourth-order valence-corrected chi connectivity index (χ4v) is 2.20. The van der Waals surface area contributed by atoms with E-state index in [9.17, 15) is 0 Å². The third kappa shape index (κ3) is 4.56. The number of aromatic nitrogens is 2. The van der Waals surface area contributed by atoms with Crippen LogP contribution in [0.1, 0.15) is 38.4 Å². The molecular formula is C13H24N4O2. The topological polar surface area (TPSA) is 77.4 Å². The fraction of sp³-hybridized carbons (Fsp3) is 0.846. The second-order valence-corrected chi connectivity index (χ2v) is 5.51. The normalized spacial score (nSPS) is 18.3. The highest BCUT2D eigenvalue weighted by molar-refractivity contribution is 4.87. The lowest BCUT2D eigenvalue weighted by Crippen LogP contribution is -2.37. The van der Waals surface area contributed by atoms with Gasteiger partial charge in [0.25, 0.3) is 0 Å². The molecule has 1 aromatic heterocycles. The molecule has 0 bridgehead atoms. The summed E-state index contributed by atoms with van der Waals surface area (Å²) in [5.74, 6) is 1.83. The predicted octanol–water partition coefficient (Wildman–Crippen LogP) is 1.17. The smallest absolute Gasteiger partial charge is 0.240 e. The number of hydrogen-bond donors (Lipinski definition) is 1. The lowest BCUT2D eigenvalue weighted by Gasteiger charge is -2.31. The van der Waals surface area contributed by atoms with Gasteiger partial charge < -0.3 is 15.0 Å². The molecule has 0 radical (unpaired) electrons. The first-order valence-electron chi connectivity index (χ1n) is 7.03. The average molecular weight is 268 g/mol. The summed E-state index contributed by atoms with van der Waals surface area (Å²) in [7, 11) is 0. The van der Waals surface area contributed by atoms with Crippen molar-refractivity contribution in [1.82, 2.24) is 15.0 Å². The highest BCUT2D eigenvalue weighted by Crippen LogP contribution is 2.16. The summed E-state index contributed by atoms with van der Waals surface area (Å²) in [5.41, 5.74) is 5.45. The maximum absolute atomic E-state index is 5.87. The van der Waals surface area contributed by atoms with Crippen molar-refractivity contribution < 1.29 is 9.26 Å². The molecule has 2 rings (SSSR count). The fourth-order valence-electron chi connectivity index (χ4n) is 2.20. The monoisotopic (exact) mass is 268 g/mol. The SMILES string of the molecule is CC(C)COC1CCN(Cc2noc(CN)n2)CC1. The molecule has 2 N–H and O–H groups in total. The second kappa shape index (κ2) is 6.98. The summed E-state index contributed by atoms with van der Waals surface area (Å²) < 4.78 is 10.9. The molecule has 0 amide bonds. The molecule has 0 spiro atoms. The summed E-state index contributed by atoms with van der Waals surface area (Å²) in [6.45, 7) is 8.30. The first-order valence-corrected chi connectivity index (χ1v) is 7.03. The highest BCUT2D eigenvalue weighted by atomic mass is 16.5. The van der Waals surface area contributed by atoms with Gasteiger partial charge in [-0.05, 0) is 18.8 Å². The minimum atomic E-state index is 0.304. The minimum absolute atomic E-state index is 0.304. The number of hydrogen-bond acceptors (Lipinski definition) is 6. The Morgan fingerprint density at radius 1 is 1.42 bits per heavy atom. The van der Waals surface area contributed by atoms with E-state index in [2.05, 4.69) is 28.9 Å². The van der Waals surface area contributed by atoms with Crippen molar-refractivity contribution in [1.29, 1.82) is 0 Å². The van der Waals surface area contributed by atoms with E-state index in [0.29, 0.717) is 24.5 Å². The molecule has 1 fully saturated rings. The van der Waals surface area contributed by atoms with Gasteiger partial charge in [-0.15, -0.1) is 0 Å². The van der Waals surface area contributed by atoms with Gasteiger partial charge in [0.15, 0.2) is 5.82 Å². The third-order valence-electron chi connectivity index (χ3n) is 3.25. The molecule has 108 valence electrons. The summed E-state index contributed by atoms with van der Waals surface area (Å²) in [6, 6.07) is 0. The van der Waals surface area contributed by atoms with E-state index in [0.717, 1.165) is 44.9 Å². The molecule has 1 aliphatic heterocycles. The van der Waals surface area contributed by atoms with Crippen LogP contribution in [0.2, 0.25) is 0 Å². The van der Waals surface area contributed by atoms with Crippen molar-refractivity contribution >= 4 is 0 Å². The van der Waals surface area contributed by atoms with Gasteiger partial charge in [0, 0.05) is 19.7 Å². The van der Waals surface area contributed by atoms with Gasteiger partial charge in [0.1, 0.15) is 0 Å². The van der Waals surface area contributed by atoms with Crippen LogP contribution in [0.15, 0.2) is 4.52 Å². The number of rotatable bonds is 6. The maximum Gasteiger partial charge on any atom is 0.240 e. The second-order valence-electron chi connectivity index (χ2n) is 5.51. The van der Waals surface area contributed by atoms with Crippen LogP contribution in [-0.4, -0.2) is 40.8 Å². The molecule has 1 saturated heterocycles. The maximum atomic E-state index is 5.87. The van der Waals surface area contributed by atoms with Crippen LogP contribution in [-0.2, 0) is 17.8 Å². The van der Waals surface area contributed by atoms with E-state index < -0.39 is 0 Å². The summed E-state index contributed by atoms with van der Waals surface area (Å²) >= 11 is 0.